The van der Waals surface area contributed by atoms with Crippen molar-refractivity contribution >= 4 is 46.1 Å². The minimum absolute atomic E-state index is 0.0591. The summed E-state index contributed by atoms with van der Waals surface area (Å²) in [6, 6.07) is 16.5. The Bertz CT molecular complexity index is 1340. The number of aliphatic hydroxyl groups excluding tert-OH is 2. The largest absolute Gasteiger partial charge is 0.491 e. The van der Waals surface area contributed by atoms with Gasteiger partial charge >= 0.3 is 6.03 Å². The number of ether oxygens (including phenoxy) is 1. The van der Waals surface area contributed by atoms with Crippen molar-refractivity contribution in [2.24, 2.45) is 0 Å². The van der Waals surface area contributed by atoms with Crippen LogP contribution in [-0.4, -0.2) is 58.3 Å². The van der Waals surface area contributed by atoms with Gasteiger partial charge in [-0.2, -0.15) is 0 Å². The molecule has 4 rings (SSSR count). The first-order valence-corrected chi connectivity index (χ1v) is 13.2. The molecule has 9 nitrogen and oxygen atoms in total. The van der Waals surface area contributed by atoms with E-state index in [0.717, 1.165) is 10.5 Å². The van der Waals surface area contributed by atoms with E-state index in [0.29, 0.717) is 14.9 Å². The first kappa shape index (κ1) is 28.5. The average Bonchev–Trinajstić information content (AvgIpc) is 3.23. The van der Waals surface area contributed by atoms with Crippen LogP contribution in [0.4, 0.5) is 14.9 Å². The van der Waals surface area contributed by atoms with Gasteiger partial charge < -0.3 is 25.6 Å². The molecule has 1 fully saturated rings. The van der Waals surface area contributed by atoms with Crippen molar-refractivity contribution < 1.29 is 33.7 Å². The van der Waals surface area contributed by atoms with Crippen LogP contribution in [0.2, 0.25) is 0 Å². The Morgan fingerprint density at radius 3 is 2.46 bits per heavy atom. The van der Waals surface area contributed by atoms with E-state index in [9.17, 15) is 23.9 Å². The van der Waals surface area contributed by atoms with Gasteiger partial charge in [-0.25, -0.2) is 14.1 Å². The van der Waals surface area contributed by atoms with E-state index in [1.54, 1.807) is 61.5 Å². The van der Waals surface area contributed by atoms with E-state index in [4.69, 9.17) is 9.84 Å². The Balaban J connectivity index is 1.60. The van der Waals surface area contributed by atoms with Crippen molar-refractivity contribution in [3.63, 3.8) is 0 Å². The number of aliphatic hydroxyl groups is 2. The number of nitrogens with one attached hydrogen (secondary N) is 2. The first-order chi connectivity index (χ1) is 18.7. The number of halogens is 2. The van der Waals surface area contributed by atoms with Crippen LogP contribution >= 0.6 is 22.6 Å². The van der Waals surface area contributed by atoms with E-state index in [2.05, 4.69) is 10.6 Å². The van der Waals surface area contributed by atoms with Gasteiger partial charge in [0.25, 0.3) is 5.91 Å². The quantitative estimate of drug-likeness (QED) is 0.197. The first-order valence-electron chi connectivity index (χ1n) is 12.2. The van der Waals surface area contributed by atoms with Gasteiger partial charge in [0.05, 0.1) is 12.3 Å². The van der Waals surface area contributed by atoms with Gasteiger partial charge in [0.2, 0.25) is 5.91 Å². The number of rotatable bonds is 10. The summed E-state index contributed by atoms with van der Waals surface area (Å²) >= 11 is 1.95. The van der Waals surface area contributed by atoms with Crippen LogP contribution in [0.3, 0.4) is 0 Å². The fourth-order valence-electron chi connectivity index (χ4n) is 4.29. The zero-order valence-electron chi connectivity index (χ0n) is 20.9. The van der Waals surface area contributed by atoms with E-state index < -0.39 is 54.4 Å². The Morgan fingerprint density at radius 1 is 1.13 bits per heavy atom. The number of carbonyl (C=O) groups is 3. The van der Waals surface area contributed by atoms with Gasteiger partial charge in [0.1, 0.15) is 36.4 Å². The van der Waals surface area contributed by atoms with Gasteiger partial charge in [0, 0.05) is 9.49 Å². The standard InChI is InChI=1S/C28H27FIN3O6/c1-16(17-5-3-2-4-6-17)25(26(36)31-23-12-9-19(30)13-22(23)29)33-27(37)24(32-28(33)38)18-7-10-21(11-8-18)39-15-20(35)14-34/h2-13,16,20,24-25,34-35H,14-15H2,1H3,(H,31,36)(H,32,38)/t16-,20+,24+,25?/m0/s1. The smallest absolute Gasteiger partial charge is 0.325 e. The van der Waals surface area contributed by atoms with Crippen LogP contribution in [0.5, 0.6) is 5.75 Å². The van der Waals surface area contributed by atoms with Crippen LogP contribution < -0.4 is 15.4 Å². The lowest BCUT2D eigenvalue weighted by atomic mass is 9.91. The third-order valence-corrected chi connectivity index (χ3v) is 7.04. The molecule has 1 unspecified atom stereocenters. The number of benzene rings is 3. The molecular formula is C28H27FIN3O6. The molecule has 4 amide bonds. The summed E-state index contributed by atoms with van der Waals surface area (Å²) in [5.41, 5.74) is 1.12. The van der Waals surface area contributed by atoms with Crippen molar-refractivity contribution in [1.82, 2.24) is 10.2 Å². The normalized spacial score (nSPS) is 17.4. The molecule has 0 spiro atoms. The number of amides is 4. The molecule has 0 radical (unpaired) electrons. The van der Waals surface area contributed by atoms with E-state index in [-0.39, 0.29) is 12.3 Å². The fourth-order valence-corrected chi connectivity index (χ4v) is 4.74. The molecule has 11 heteroatoms. The summed E-state index contributed by atoms with van der Waals surface area (Å²) in [7, 11) is 0. The van der Waals surface area contributed by atoms with Gasteiger partial charge in [-0.15, -0.1) is 0 Å². The van der Waals surface area contributed by atoms with Crippen LogP contribution in [-0.2, 0) is 9.59 Å². The van der Waals surface area contributed by atoms with Gasteiger partial charge in [-0.05, 0) is 64.0 Å². The molecule has 0 aromatic heterocycles. The lowest BCUT2D eigenvalue weighted by molar-refractivity contribution is -0.134. The SMILES string of the molecule is C[C@@H](c1ccccc1)C(C(=O)Nc1ccc(I)cc1F)N1C(=O)N[C@H](c2ccc(OC[C@H](O)CO)cc2)C1=O. The van der Waals surface area contributed by atoms with Crippen LogP contribution in [0.25, 0.3) is 0 Å². The van der Waals surface area contributed by atoms with Crippen molar-refractivity contribution in [2.75, 3.05) is 18.5 Å². The van der Waals surface area contributed by atoms with Gasteiger partial charge in [-0.3, -0.25) is 9.59 Å². The summed E-state index contributed by atoms with van der Waals surface area (Å²) in [6.07, 6.45) is -1.03. The zero-order chi connectivity index (χ0) is 28.1. The summed E-state index contributed by atoms with van der Waals surface area (Å²) in [5, 5.41) is 23.6. The molecule has 0 aliphatic carbocycles. The highest BCUT2D eigenvalue weighted by atomic mass is 127. The fraction of sp³-hybridized carbons (Fsp3) is 0.250. The molecule has 4 N–H and O–H groups in total. The molecule has 1 aliphatic heterocycles. The maximum absolute atomic E-state index is 14.5. The van der Waals surface area contributed by atoms with Crippen molar-refractivity contribution in [3.8, 4) is 5.75 Å². The van der Waals surface area contributed by atoms with Gasteiger partial charge in [0.15, 0.2) is 0 Å². The summed E-state index contributed by atoms with van der Waals surface area (Å²) < 4.78 is 20.6. The van der Waals surface area contributed by atoms with Crippen molar-refractivity contribution in [1.29, 1.82) is 0 Å². The lowest BCUT2D eigenvalue weighted by Gasteiger charge is -2.30. The van der Waals surface area contributed by atoms with Gasteiger partial charge in [-0.1, -0.05) is 49.4 Å². The monoisotopic (exact) mass is 647 g/mol. The molecular weight excluding hydrogens is 620 g/mol. The van der Waals surface area contributed by atoms with E-state index >= 15 is 0 Å². The highest BCUT2D eigenvalue weighted by Gasteiger charge is 2.47. The molecule has 1 aliphatic rings. The maximum Gasteiger partial charge on any atom is 0.325 e. The molecule has 3 aromatic carbocycles. The minimum atomic E-state index is -1.27. The summed E-state index contributed by atoms with van der Waals surface area (Å²) in [5.74, 6) is -2.18. The second-order valence-electron chi connectivity index (χ2n) is 9.06. The molecule has 204 valence electrons. The Kier molecular flexibility index (Phi) is 9.15. The molecule has 0 bridgehead atoms. The average molecular weight is 647 g/mol. The van der Waals surface area contributed by atoms with Crippen molar-refractivity contribution in [2.45, 2.75) is 31.0 Å². The predicted molar refractivity (Wildman–Crippen MR) is 150 cm³/mol. The van der Waals surface area contributed by atoms with E-state index in [1.807, 2.05) is 28.7 Å². The number of hydrogen-bond donors (Lipinski definition) is 4. The zero-order valence-corrected chi connectivity index (χ0v) is 23.0. The number of nitrogens with zero attached hydrogens (tertiary/aromatic N) is 1. The number of anilines is 1. The Morgan fingerprint density at radius 2 is 1.82 bits per heavy atom. The highest BCUT2D eigenvalue weighted by molar-refractivity contribution is 14.1. The highest BCUT2D eigenvalue weighted by Crippen LogP contribution is 2.32. The van der Waals surface area contributed by atoms with E-state index in [1.165, 1.54) is 12.1 Å². The molecule has 1 heterocycles. The number of urea groups is 1. The maximum atomic E-state index is 14.5. The Hall–Kier alpha value is -3.55. The van der Waals surface area contributed by atoms with Crippen LogP contribution in [0.1, 0.15) is 30.0 Å². The topological polar surface area (TPSA) is 128 Å². The van der Waals surface area contributed by atoms with Crippen molar-refractivity contribution in [3.05, 3.63) is 93.3 Å². The van der Waals surface area contributed by atoms with Crippen LogP contribution in [0.15, 0.2) is 72.8 Å². The minimum Gasteiger partial charge on any atom is -0.491 e. The molecule has 39 heavy (non-hydrogen) atoms. The predicted octanol–water partition coefficient (Wildman–Crippen LogP) is 3.57. The molecule has 4 atom stereocenters. The van der Waals surface area contributed by atoms with Crippen LogP contribution in [0, 0.1) is 9.39 Å². The number of hydrogen-bond acceptors (Lipinski definition) is 6. The molecule has 3 aromatic rings. The lowest BCUT2D eigenvalue weighted by Crippen LogP contribution is -2.50. The number of carbonyl (C=O) groups excluding carboxylic acids is 3. The summed E-state index contributed by atoms with van der Waals surface area (Å²) in [4.78, 5) is 41.2. The number of imide groups is 1. The Labute approximate surface area is 238 Å². The third kappa shape index (κ3) is 6.54. The third-order valence-electron chi connectivity index (χ3n) is 6.37. The molecule has 1 saturated heterocycles. The molecule has 0 saturated carbocycles. The second kappa shape index (κ2) is 12.5. The second-order valence-corrected chi connectivity index (χ2v) is 10.3. The summed E-state index contributed by atoms with van der Waals surface area (Å²) in [6.45, 7) is 1.17.